The molecule has 1 amide bonds. The summed E-state index contributed by atoms with van der Waals surface area (Å²) in [5.41, 5.74) is -0.441. The summed E-state index contributed by atoms with van der Waals surface area (Å²) in [5, 5.41) is 8.94. The number of carbonyl (C=O) groups is 2. The van der Waals surface area contributed by atoms with Crippen LogP contribution in [0.5, 0.6) is 0 Å². The number of alkyl halides is 3. The van der Waals surface area contributed by atoms with Crippen molar-refractivity contribution in [2.45, 2.75) is 43.8 Å². The highest BCUT2D eigenvalue weighted by molar-refractivity contribution is 5.83. The lowest BCUT2D eigenvalue weighted by molar-refractivity contribution is -0.139. The maximum Gasteiger partial charge on any atom is 0.416 e. The van der Waals surface area contributed by atoms with E-state index in [2.05, 4.69) is 0 Å². The third-order valence-corrected chi connectivity index (χ3v) is 5.79. The zero-order valence-corrected chi connectivity index (χ0v) is 15.8. The highest BCUT2D eigenvalue weighted by atomic mass is 19.4. The molecular weight excluding hydrogens is 373 g/mol. The number of carboxylic acids is 1. The Labute approximate surface area is 162 Å². The van der Waals surface area contributed by atoms with Gasteiger partial charge in [0.2, 0.25) is 5.91 Å². The average Bonchev–Trinajstić information content (AvgIpc) is 3.43. The highest BCUT2D eigenvalue weighted by Crippen LogP contribution is 2.51. The van der Waals surface area contributed by atoms with Gasteiger partial charge in [0.25, 0.3) is 0 Å². The summed E-state index contributed by atoms with van der Waals surface area (Å²) >= 11 is 0. The summed E-state index contributed by atoms with van der Waals surface area (Å²) < 4.78 is 39.7. The lowest BCUT2D eigenvalue weighted by atomic mass is 10.0. The summed E-state index contributed by atoms with van der Waals surface area (Å²) in [4.78, 5) is 27.3. The van der Waals surface area contributed by atoms with Crippen LogP contribution in [-0.4, -0.2) is 59.5 Å². The number of likely N-dealkylation sites (N-methyl/N-ethyl adjacent to an activating group) is 1. The van der Waals surface area contributed by atoms with Crippen molar-refractivity contribution in [3.63, 3.8) is 0 Å². The third-order valence-electron chi connectivity index (χ3n) is 5.79. The molecule has 0 unspecified atom stereocenters. The molecule has 1 saturated heterocycles. The zero-order valence-electron chi connectivity index (χ0n) is 15.8. The van der Waals surface area contributed by atoms with Crippen LogP contribution >= 0.6 is 0 Å². The molecule has 1 aromatic carbocycles. The number of hydrogen-bond donors (Lipinski definition) is 1. The van der Waals surface area contributed by atoms with Crippen LogP contribution in [0.1, 0.15) is 42.7 Å². The molecule has 0 aromatic heterocycles. The molecule has 8 heteroatoms. The molecule has 154 valence electrons. The molecule has 28 heavy (non-hydrogen) atoms. The number of amides is 1. The summed E-state index contributed by atoms with van der Waals surface area (Å²) in [6, 6.07) is 5.59. The van der Waals surface area contributed by atoms with Gasteiger partial charge in [0.05, 0.1) is 12.1 Å². The predicted molar refractivity (Wildman–Crippen MR) is 96.8 cm³/mol. The SMILES string of the molecule is CN(CC(=O)O)[C@@H]1CCCN(C(=O)[C@H]2C[C@@H]2c2ccccc2C(F)(F)F)CC1. The lowest BCUT2D eigenvalue weighted by Gasteiger charge is -2.25. The molecule has 1 aliphatic carbocycles. The number of aliphatic carboxylic acids is 1. The number of carboxylic acid groups (broad SMARTS) is 1. The maximum atomic E-state index is 13.2. The normalized spacial score (nSPS) is 25.5. The van der Waals surface area contributed by atoms with E-state index in [1.54, 1.807) is 22.9 Å². The fourth-order valence-electron chi connectivity index (χ4n) is 4.21. The van der Waals surface area contributed by atoms with Gasteiger partial charge in [-0.05, 0) is 50.3 Å². The minimum absolute atomic E-state index is 0.0441. The quantitative estimate of drug-likeness (QED) is 0.828. The first-order chi connectivity index (χ1) is 13.2. The number of rotatable bonds is 5. The molecule has 0 radical (unpaired) electrons. The van der Waals surface area contributed by atoms with Gasteiger partial charge in [-0.1, -0.05) is 18.2 Å². The first-order valence-corrected chi connectivity index (χ1v) is 9.55. The Morgan fingerprint density at radius 2 is 1.93 bits per heavy atom. The molecule has 1 saturated carbocycles. The molecule has 0 spiro atoms. The van der Waals surface area contributed by atoms with Crippen molar-refractivity contribution in [3.05, 3.63) is 35.4 Å². The fraction of sp³-hybridized carbons (Fsp3) is 0.600. The first kappa shape index (κ1) is 20.6. The van der Waals surface area contributed by atoms with E-state index in [1.165, 1.54) is 12.1 Å². The molecule has 1 heterocycles. The van der Waals surface area contributed by atoms with E-state index >= 15 is 0 Å². The van der Waals surface area contributed by atoms with Crippen molar-refractivity contribution in [1.82, 2.24) is 9.80 Å². The number of hydrogen-bond acceptors (Lipinski definition) is 3. The van der Waals surface area contributed by atoms with Crippen molar-refractivity contribution in [2.75, 3.05) is 26.7 Å². The average molecular weight is 398 g/mol. The van der Waals surface area contributed by atoms with Crippen molar-refractivity contribution >= 4 is 11.9 Å². The van der Waals surface area contributed by atoms with Gasteiger partial charge in [0, 0.05) is 25.0 Å². The van der Waals surface area contributed by atoms with Crippen LogP contribution in [0, 0.1) is 5.92 Å². The van der Waals surface area contributed by atoms with Crippen molar-refractivity contribution < 1.29 is 27.9 Å². The number of halogens is 3. The monoisotopic (exact) mass is 398 g/mol. The minimum atomic E-state index is -4.42. The van der Waals surface area contributed by atoms with E-state index in [0.717, 1.165) is 18.9 Å². The number of carbonyl (C=O) groups excluding carboxylic acids is 1. The second-order valence-corrected chi connectivity index (χ2v) is 7.75. The second kappa shape index (κ2) is 8.11. The van der Waals surface area contributed by atoms with E-state index in [-0.39, 0.29) is 30.0 Å². The number of benzene rings is 1. The van der Waals surface area contributed by atoms with E-state index in [0.29, 0.717) is 25.9 Å². The Kier molecular flexibility index (Phi) is 5.98. The standard InChI is InChI=1S/C20H25F3N2O3/c1-24(12-18(26)27)13-5-4-9-25(10-8-13)19(28)16-11-15(16)14-6-2-3-7-17(14)20(21,22)23/h2-3,6-7,13,15-16H,4-5,8-12H2,1H3,(H,26,27)/t13-,15-,16+/m1/s1. The van der Waals surface area contributed by atoms with E-state index in [4.69, 9.17) is 5.11 Å². The van der Waals surface area contributed by atoms with Gasteiger partial charge in [-0.25, -0.2) is 0 Å². The first-order valence-electron chi connectivity index (χ1n) is 9.55. The number of likely N-dealkylation sites (tertiary alicyclic amines) is 1. The Morgan fingerprint density at radius 3 is 2.61 bits per heavy atom. The topological polar surface area (TPSA) is 60.9 Å². The maximum absolute atomic E-state index is 13.2. The smallest absolute Gasteiger partial charge is 0.416 e. The van der Waals surface area contributed by atoms with Crippen LogP contribution in [0.4, 0.5) is 13.2 Å². The van der Waals surface area contributed by atoms with Gasteiger partial charge in [-0.3, -0.25) is 14.5 Å². The largest absolute Gasteiger partial charge is 0.480 e. The minimum Gasteiger partial charge on any atom is -0.480 e. The van der Waals surface area contributed by atoms with Crippen LogP contribution in [-0.2, 0) is 15.8 Å². The van der Waals surface area contributed by atoms with Gasteiger partial charge < -0.3 is 10.0 Å². The van der Waals surface area contributed by atoms with Gasteiger partial charge in [0.15, 0.2) is 0 Å². The van der Waals surface area contributed by atoms with Crippen LogP contribution in [0.3, 0.4) is 0 Å². The Bertz CT molecular complexity index is 738. The molecular formula is C20H25F3N2O3. The summed E-state index contributed by atoms with van der Waals surface area (Å²) in [5.74, 6) is -1.73. The van der Waals surface area contributed by atoms with E-state index in [9.17, 15) is 22.8 Å². The summed E-state index contributed by atoms with van der Waals surface area (Å²) in [6.07, 6.45) is -1.73. The number of nitrogens with zero attached hydrogens (tertiary/aromatic N) is 2. The Hall–Kier alpha value is -2.09. The van der Waals surface area contributed by atoms with Crippen LogP contribution < -0.4 is 0 Å². The van der Waals surface area contributed by atoms with Gasteiger partial charge in [-0.15, -0.1) is 0 Å². The van der Waals surface area contributed by atoms with Crippen molar-refractivity contribution in [1.29, 1.82) is 0 Å². The van der Waals surface area contributed by atoms with E-state index in [1.807, 2.05) is 0 Å². The van der Waals surface area contributed by atoms with Gasteiger partial charge >= 0.3 is 12.1 Å². The molecule has 1 N–H and O–H groups in total. The summed E-state index contributed by atoms with van der Waals surface area (Å²) in [6.45, 7) is 1.04. The van der Waals surface area contributed by atoms with Crippen LogP contribution in [0.2, 0.25) is 0 Å². The molecule has 0 bridgehead atoms. The van der Waals surface area contributed by atoms with Crippen LogP contribution in [0.15, 0.2) is 24.3 Å². The van der Waals surface area contributed by atoms with Gasteiger partial charge in [0.1, 0.15) is 0 Å². The molecule has 1 aliphatic heterocycles. The van der Waals surface area contributed by atoms with E-state index < -0.39 is 23.6 Å². The lowest BCUT2D eigenvalue weighted by Crippen LogP contribution is -2.37. The van der Waals surface area contributed by atoms with Gasteiger partial charge in [-0.2, -0.15) is 13.2 Å². The Morgan fingerprint density at radius 1 is 1.21 bits per heavy atom. The molecule has 3 atom stereocenters. The van der Waals surface area contributed by atoms with Crippen molar-refractivity contribution in [3.8, 4) is 0 Å². The molecule has 2 fully saturated rings. The molecule has 1 aromatic rings. The second-order valence-electron chi connectivity index (χ2n) is 7.75. The molecule has 2 aliphatic rings. The Balaban J connectivity index is 1.62. The zero-order chi connectivity index (χ0) is 20.5. The fourth-order valence-corrected chi connectivity index (χ4v) is 4.21. The summed E-state index contributed by atoms with van der Waals surface area (Å²) in [7, 11) is 1.77. The van der Waals surface area contributed by atoms with Crippen LogP contribution in [0.25, 0.3) is 0 Å². The molecule has 3 rings (SSSR count). The highest BCUT2D eigenvalue weighted by Gasteiger charge is 2.49. The molecule has 5 nitrogen and oxygen atoms in total. The van der Waals surface area contributed by atoms with Crippen molar-refractivity contribution in [2.24, 2.45) is 5.92 Å². The predicted octanol–water partition coefficient (Wildman–Crippen LogP) is 3.21. The third kappa shape index (κ3) is 4.66.